The predicted molar refractivity (Wildman–Crippen MR) is 91.6 cm³/mol. The molecule has 110 valence electrons. The molecule has 0 radical (unpaired) electrons. The monoisotopic (exact) mass is 365 g/mol. The number of carbonyl (C=O) groups excluding carboxylic acids is 1. The van der Waals surface area contributed by atoms with Crippen LogP contribution in [0.3, 0.4) is 0 Å². The highest BCUT2D eigenvalue weighted by Gasteiger charge is 2.10. The second-order valence-electron chi connectivity index (χ2n) is 4.81. The Bertz CT molecular complexity index is 641. The lowest BCUT2D eigenvalue weighted by Gasteiger charge is -2.11. The Labute approximate surface area is 138 Å². The van der Waals surface area contributed by atoms with Crippen molar-refractivity contribution < 1.29 is 9.53 Å². The molecule has 0 saturated heterocycles. The molecule has 2 aromatic rings. The van der Waals surface area contributed by atoms with Crippen LogP contribution in [0.25, 0.3) is 0 Å². The van der Waals surface area contributed by atoms with E-state index in [1.54, 1.807) is 12.1 Å². The van der Waals surface area contributed by atoms with E-state index < -0.39 is 0 Å². The molecule has 0 aliphatic heterocycles. The molecule has 0 bridgehead atoms. The fourth-order valence-electron chi connectivity index (χ4n) is 1.77. The number of ether oxygens (including phenoxy) is 1. The van der Waals surface area contributed by atoms with Crippen molar-refractivity contribution in [1.82, 2.24) is 0 Å². The minimum absolute atomic E-state index is 0.125. The predicted octanol–water partition coefficient (Wildman–Crippen LogP) is 4.78. The summed E-state index contributed by atoms with van der Waals surface area (Å²) in [4.78, 5) is 13.0. The fourth-order valence-corrected chi connectivity index (χ4v) is 2.41. The van der Waals surface area contributed by atoms with Crippen LogP contribution in [0.15, 0.2) is 51.8 Å². The lowest BCUT2D eigenvalue weighted by atomic mass is 10.2. The van der Waals surface area contributed by atoms with Crippen LogP contribution in [0.5, 0.6) is 5.75 Å². The molecule has 0 aromatic heterocycles. The van der Waals surface area contributed by atoms with Gasteiger partial charge in [-0.15, -0.1) is 12.6 Å². The zero-order valence-corrected chi connectivity index (χ0v) is 14.2. The van der Waals surface area contributed by atoms with Crippen LogP contribution < -0.4 is 10.1 Å². The molecule has 1 N–H and O–H groups in total. The lowest BCUT2D eigenvalue weighted by Crippen LogP contribution is -2.12. The van der Waals surface area contributed by atoms with E-state index in [2.05, 4.69) is 33.9 Å². The number of anilines is 1. The van der Waals surface area contributed by atoms with Gasteiger partial charge < -0.3 is 10.1 Å². The normalized spacial score (nSPS) is 10.5. The number of thiol groups is 1. The first-order valence-electron chi connectivity index (χ1n) is 6.52. The lowest BCUT2D eigenvalue weighted by molar-refractivity contribution is 0.102. The summed E-state index contributed by atoms with van der Waals surface area (Å²) in [5.41, 5.74) is 1.26. The molecule has 1 amide bonds. The third-order valence-corrected chi connectivity index (χ3v) is 3.65. The summed E-state index contributed by atoms with van der Waals surface area (Å²) in [6.07, 6.45) is 0.125. The summed E-state index contributed by atoms with van der Waals surface area (Å²) in [6.45, 7) is 3.94. The molecule has 0 saturated carbocycles. The maximum absolute atomic E-state index is 12.2. The Morgan fingerprint density at radius 2 is 1.86 bits per heavy atom. The van der Waals surface area contributed by atoms with Gasteiger partial charge in [0.2, 0.25) is 0 Å². The molecule has 0 heterocycles. The van der Waals surface area contributed by atoms with Gasteiger partial charge in [-0.1, -0.05) is 0 Å². The summed E-state index contributed by atoms with van der Waals surface area (Å²) in [5.74, 6) is 0.594. The first-order chi connectivity index (χ1) is 9.95. The van der Waals surface area contributed by atoms with E-state index in [4.69, 9.17) is 4.74 Å². The van der Waals surface area contributed by atoms with Crippen molar-refractivity contribution in [3.63, 3.8) is 0 Å². The van der Waals surface area contributed by atoms with Crippen LogP contribution in [0, 0.1) is 0 Å². The molecule has 0 fully saturated rings. The van der Waals surface area contributed by atoms with E-state index in [1.165, 1.54) is 0 Å². The molecule has 2 aromatic carbocycles. The van der Waals surface area contributed by atoms with Crippen LogP contribution in [0.2, 0.25) is 0 Å². The van der Waals surface area contributed by atoms with Crippen molar-refractivity contribution in [2.75, 3.05) is 5.32 Å². The van der Waals surface area contributed by atoms with Gasteiger partial charge in [0.25, 0.3) is 5.91 Å². The highest BCUT2D eigenvalue weighted by molar-refractivity contribution is 9.10. The Hall–Kier alpha value is -1.46. The Morgan fingerprint density at radius 1 is 1.19 bits per heavy atom. The molecule has 3 nitrogen and oxygen atoms in total. The topological polar surface area (TPSA) is 38.3 Å². The van der Waals surface area contributed by atoms with Crippen LogP contribution in [0.1, 0.15) is 24.2 Å². The van der Waals surface area contributed by atoms with E-state index in [1.807, 2.05) is 44.2 Å². The second kappa shape index (κ2) is 7.00. The van der Waals surface area contributed by atoms with E-state index in [0.717, 1.165) is 15.1 Å². The Kier molecular flexibility index (Phi) is 5.31. The number of hydrogen-bond donors (Lipinski definition) is 2. The highest BCUT2D eigenvalue weighted by atomic mass is 79.9. The van der Waals surface area contributed by atoms with Crippen LogP contribution in [-0.4, -0.2) is 12.0 Å². The molecule has 0 aliphatic carbocycles. The molecular weight excluding hydrogens is 350 g/mol. The molecule has 21 heavy (non-hydrogen) atoms. The van der Waals surface area contributed by atoms with Gasteiger partial charge in [0.15, 0.2) is 0 Å². The first-order valence-corrected chi connectivity index (χ1v) is 7.76. The van der Waals surface area contributed by atoms with Crippen LogP contribution >= 0.6 is 28.6 Å². The third-order valence-electron chi connectivity index (χ3n) is 2.68. The van der Waals surface area contributed by atoms with Crippen LogP contribution in [0.4, 0.5) is 5.69 Å². The molecule has 5 heteroatoms. The van der Waals surface area contributed by atoms with Crippen molar-refractivity contribution in [3.8, 4) is 5.75 Å². The molecule has 0 atom stereocenters. The second-order valence-corrected chi connectivity index (χ2v) is 6.18. The van der Waals surface area contributed by atoms with Crippen molar-refractivity contribution in [2.45, 2.75) is 24.8 Å². The standard InChI is InChI=1S/C16H16BrNO2S/c1-10(2)20-12-5-3-11(4-6-12)18-16(19)14-9-13(21)7-8-15(14)17/h3-10,21H,1-2H3,(H,18,19). The van der Waals surface area contributed by atoms with Crippen molar-refractivity contribution >= 4 is 40.2 Å². The Balaban J connectivity index is 2.10. The maximum atomic E-state index is 12.2. The van der Waals surface area contributed by atoms with Crippen molar-refractivity contribution in [1.29, 1.82) is 0 Å². The smallest absolute Gasteiger partial charge is 0.256 e. The van der Waals surface area contributed by atoms with Gasteiger partial charge in [-0.2, -0.15) is 0 Å². The van der Waals surface area contributed by atoms with Crippen molar-refractivity contribution in [2.24, 2.45) is 0 Å². The SMILES string of the molecule is CC(C)Oc1ccc(NC(=O)c2cc(S)ccc2Br)cc1. The number of rotatable bonds is 4. The van der Waals surface area contributed by atoms with Gasteiger partial charge in [0, 0.05) is 15.1 Å². The number of amides is 1. The molecule has 0 unspecified atom stereocenters. The minimum Gasteiger partial charge on any atom is -0.491 e. The van der Waals surface area contributed by atoms with Gasteiger partial charge in [-0.05, 0) is 72.2 Å². The van der Waals surface area contributed by atoms with Crippen LogP contribution in [-0.2, 0) is 0 Å². The molecule has 0 aliphatic rings. The highest BCUT2D eigenvalue weighted by Crippen LogP contribution is 2.22. The summed E-state index contributed by atoms with van der Waals surface area (Å²) in [6, 6.07) is 12.6. The minimum atomic E-state index is -0.185. The molecule has 2 rings (SSSR count). The first kappa shape index (κ1) is 15.9. The summed E-state index contributed by atoms with van der Waals surface area (Å²) < 4.78 is 6.30. The summed E-state index contributed by atoms with van der Waals surface area (Å²) in [7, 11) is 0. The zero-order valence-electron chi connectivity index (χ0n) is 11.8. The average molecular weight is 366 g/mol. The maximum Gasteiger partial charge on any atom is 0.256 e. The zero-order chi connectivity index (χ0) is 15.4. The number of hydrogen-bond acceptors (Lipinski definition) is 3. The Morgan fingerprint density at radius 3 is 2.48 bits per heavy atom. The van der Waals surface area contributed by atoms with Gasteiger partial charge in [-0.25, -0.2) is 0 Å². The fraction of sp³-hybridized carbons (Fsp3) is 0.188. The van der Waals surface area contributed by atoms with Gasteiger partial charge in [0.05, 0.1) is 11.7 Å². The number of benzene rings is 2. The quantitative estimate of drug-likeness (QED) is 0.765. The van der Waals surface area contributed by atoms with Gasteiger partial charge in [0.1, 0.15) is 5.75 Å². The largest absolute Gasteiger partial charge is 0.491 e. The summed E-state index contributed by atoms with van der Waals surface area (Å²) in [5, 5.41) is 2.85. The van der Waals surface area contributed by atoms with Gasteiger partial charge in [-0.3, -0.25) is 4.79 Å². The molecule has 0 spiro atoms. The van der Waals surface area contributed by atoms with Crippen molar-refractivity contribution in [3.05, 3.63) is 52.5 Å². The molecular formula is C16H16BrNO2S. The summed E-state index contributed by atoms with van der Waals surface area (Å²) >= 11 is 7.62. The van der Waals surface area contributed by atoms with E-state index >= 15 is 0 Å². The number of carbonyl (C=O) groups is 1. The third kappa shape index (κ3) is 4.51. The van der Waals surface area contributed by atoms with E-state index in [-0.39, 0.29) is 12.0 Å². The van der Waals surface area contributed by atoms with Gasteiger partial charge >= 0.3 is 0 Å². The number of nitrogens with one attached hydrogen (secondary N) is 1. The number of halogens is 1. The van der Waals surface area contributed by atoms with E-state index in [9.17, 15) is 4.79 Å². The van der Waals surface area contributed by atoms with E-state index in [0.29, 0.717) is 11.3 Å². The average Bonchev–Trinajstić information content (AvgIpc) is 2.43.